The molecule has 10 N–H and O–H groups in total. The molecule has 0 spiro atoms. The lowest BCUT2D eigenvalue weighted by Gasteiger charge is -2.30. The number of phosphoric ester groups is 3. The minimum atomic E-state index is -5.59. The summed E-state index contributed by atoms with van der Waals surface area (Å²) in [6, 6.07) is 0. The van der Waals surface area contributed by atoms with Crippen LogP contribution in [-0.4, -0.2) is 134 Å². The van der Waals surface area contributed by atoms with E-state index in [1.807, 2.05) is 0 Å². The highest BCUT2D eigenvalue weighted by atomic mass is 32.2. The highest BCUT2D eigenvalue weighted by molar-refractivity contribution is 8.13. The summed E-state index contributed by atoms with van der Waals surface area (Å²) in [4.78, 5) is 110. The molecule has 3 heterocycles. The van der Waals surface area contributed by atoms with Gasteiger partial charge in [-0.05, 0) is 6.92 Å². The third-order valence-electron chi connectivity index (χ3n) is 7.55. The van der Waals surface area contributed by atoms with Crippen molar-refractivity contribution in [2.45, 2.75) is 70.7 Å². The second-order valence-corrected chi connectivity index (χ2v) is 18.3. The van der Waals surface area contributed by atoms with Gasteiger partial charge in [-0.25, -0.2) is 28.6 Å². The van der Waals surface area contributed by atoms with Crippen LogP contribution in [0.4, 0.5) is 5.82 Å². The maximum atomic E-state index is 12.7. The number of carbonyl (C=O) groups excluding carboxylic acids is 5. The van der Waals surface area contributed by atoms with E-state index in [1.54, 1.807) is 0 Å². The molecule has 2 amide bonds. The fraction of sp³-hybridized carbons (Fsp3) is 0.630. The average Bonchev–Trinajstić information content (AvgIpc) is 3.64. The number of amides is 2. The summed E-state index contributed by atoms with van der Waals surface area (Å²) in [5.41, 5.74) is 4.19. The monoisotopic (exact) mass is 893 g/mol. The van der Waals surface area contributed by atoms with E-state index in [4.69, 9.17) is 19.5 Å². The Bertz CT molecular complexity index is 1950. The van der Waals surface area contributed by atoms with Gasteiger partial charge in [0.05, 0.1) is 32.4 Å². The van der Waals surface area contributed by atoms with Crippen LogP contribution in [0.15, 0.2) is 12.7 Å². The molecule has 0 aromatic carbocycles. The van der Waals surface area contributed by atoms with Crippen molar-refractivity contribution < 1.29 is 90.1 Å². The number of ether oxygens (including phenoxy) is 1. The number of thioether (sulfide) groups is 1. The van der Waals surface area contributed by atoms with Gasteiger partial charge in [0.25, 0.3) is 0 Å². The minimum Gasteiger partial charge on any atom is -0.386 e. The van der Waals surface area contributed by atoms with Crippen molar-refractivity contribution in [3.8, 4) is 0 Å². The van der Waals surface area contributed by atoms with Gasteiger partial charge in [0, 0.05) is 30.7 Å². The zero-order chi connectivity index (χ0) is 42.9. The smallest absolute Gasteiger partial charge is 0.386 e. The molecular formula is C27H42N7O19P3S. The van der Waals surface area contributed by atoms with E-state index in [9.17, 15) is 67.5 Å². The molecule has 3 rings (SSSR count). The summed E-state index contributed by atoms with van der Waals surface area (Å²) in [5, 5.41) is 25.7. The van der Waals surface area contributed by atoms with Crippen molar-refractivity contribution in [3.63, 3.8) is 0 Å². The second-order valence-electron chi connectivity index (χ2n) is 12.9. The summed E-state index contributed by atoms with van der Waals surface area (Å²) in [6.45, 7) is 1.38. The van der Waals surface area contributed by atoms with Gasteiger partial charge in [-0.3, -0.25) is 42.1 Å². The molecule has 0 bridgehead atoms. The normalized spacial score (nSPS) is 21.4. The molecule has 1 fully saturated rings. The predicted octanol–water partition coefficient (Wildman–Crippen LogP) is -1.40. The topological polar surface area (TPSA) is 398 Å². The van der Waals surface area contributed by atoms with Crippen molar-refractivity contribution in [2.75, 3.05) is 37.8 Å². The van der Waals surface area contributed by atoms with Gasteiger partial charge in [-0.1, -0.05) is 25.6 Å². The highest BCUT2D eigenvalue weighted by Crippen LogP contribution is 2.61. The van der Waals surface area contributed by atoms with Crippen molar-refractivity contribution in [2.24, 2.45) is 5.41 Å². The Balaban J connectivity index is 1.47. The van der Waals surface area contributed by atoms with Crippen LogP contribution in [0.5, 0.6) is 0 Å². The van der Waals surface area contributed by atoms with Gasteiger partial charge in [0.2, 0.25) is 11.8 Å². The lowest BCUT2D eigenvalue weighted by molar-refractivity contribution is -0.137. The van der Waals surface area contributed by atoms with Crippen LogP contribution in [0.3, 0.4) is 0 Å². The van der Waals surface area contributed by atoms with Gasteiger partial charge >= 0.3 is 23.5 Å². The van der Waals surface area contributed by atoms with E-state index in [2.05, 4.69) is 34.4 Å². The first-order valence-corrected chi connectivity index (χ1v) is 21.9. The molecule has 1 saturated heterocycles. The van der Waals surface area contributed by atoms with Crippen LogP contribution in [-0.2, 0) is 60.3 Å². The van der Waals surface area contributed by atoms with Crippen LogP contribution in [0.1, 0.15) is 46.3 Å². The van der Waals surface area contributed by atoms with E-state index < -0.39 is 102 Å². The average molecular weight is 894 g/mol. The minimum absolute atomic E-state index is 0.0180. The molecule has 2 unspecified atom stereocenters. The van der Waals surface area contributed by atoms with Crippen molar-refractivity contribution >= 4 is 80.7 Å². The number of aliphatic hydroxyl groups is 2. The van der Waals surface area contributed by atoms with Crippen LogP contribution < -0.4 is 16.4 Å². The Morgan fingerprint density at radius 3 is 2.33 bits per heavy atom. The number of nitrogen functional groups attached to an aromatic ring is 1. The maximum absolute atomic E-state index is 12.7. The second kappa shape index (κ2) is 20.2. The lowest BCUT2D eigenvalue weighted by Crippen LogP contribution is -2.46. The Morgan fingerprint density at radius 1 is 1.02 bits per heavy atom. The Hall–Kier alpha value is -3.10. The molecule has 1 aliphatic heterocycles. The fourth-order valence-corrected chi connectivity index (χ4v) is 8.37. The Kier molecular flexibility index (Phi) is 17.1. The molecule has 2 aromatic rings. The summed E-state index contributed by atoms with van der Waals surface area (Å²) in [5.74, 6) is -2.35. The molecule has 1 aliphatic rings. The summed E-state index contributed by atoms with van der Waals surface area (Å²) in [6.07, 6.45) is -7.88. The molecule has 26 nitrogen and oxygen atoms in total. The third-order valence-corrected chi connectivity index (χ3v) is 11.5. The predicted molar refractivity (Wildman–Crippen MR) is 192 cm³/mol. The first-order chi connectivity index (χ1) is 26.3. The number of aliphatic hydroxyl groups excluding tert-OH is 2. The molecule has 0 aliphatic carbocycles. The molecular weight excluding hydrogens is 851 g/mol. The van der Waals surface area contributed by atoms with E-state index in [0.29, 0.717) is 0 Å². The molecule has 0 radical (unpaired) electrons. The number of ketones is 2. The van der Waals surface area contributed by atoms with Crippen LogP contribution >= 0.6 is 35.2 Å². The fourth-order valence-electron chi connectivity index (χ4n) is 4.85. The number of nitrogens with zero attached hydrogens (tertiary/aromatic N) is 4. The molecule has 2 aromatic heterocycles. The Morgan fingerprint density at radius 2 is 1.68 bits per heavy atom. The number of Topliss-reactive ketones (excluding diaryl/α,β-unsaturated/α-hetero) is 2. The van der Waals surface area contributed by atoms with E-state index in [1.165, 1.54) is 20.8 Å². The van der Waals surface area contributed by atoms with Gasteiger partial charge in [0.1, 0.15) is 47.8 Å². The van der Waals surface area contributed by atoms with Crippen molar-refractivity contribution in [3.05, 3.63) is 12.7 Å². The van der Waals surface area contributed by atoms with Gasteiger partial charge in [0.15, 0.2) is 22.8 Å². The standard InChI is InChI=1S/C27H42N7O19P3S/c1-14(35)8-15(36)9-18(38)57-7-6-29-17(37)4-5-30-25(41)22(40)27(2,3)11-50-56(47,48)53-55(45,46)49-10-16-21(52-54(42,43)44)20(39)26(51-16)34-13-33-19-23(28)31-12-32-24(19)34/h12-13,16,20-22,26,39-40H,4-11H2,1-3H3,(H,29,37)(H,30,41)(H,45,46)(H,47,48)(H2,28,31,32)(H2,42,43,44)/t16-,20-,21-,22+,26-/m1/s1. The number of aromatic nitrogens is 4. The van der Waals surface area contributed by atoms with Crippen LogP contribution in [0, 0.1) is 5.41 Å². The number of nitrogens with two attached hydrogens (primary N) is 1. The summed E-state index contributed by atoms with van der Waals surface area (Å²) in [7, 11) is -16.5. The molecule has 30 heteroatoms. The number of hydrogen-bond donors (Lipinski definition) is 9. The number of nitrogens with one attached hydrogen (secondary N) is 2. The first kappa shape index (κ1) is 48.3. The van der Waals surface area contributed by atoms with Crippen LogP contribution in [0.25, 0.3) is 11.2 Å². The highest BCUT2D eigenvalue weighted by Gasteiger charge is 2.50. The number of anilines is 1. The number of phosphoric acid groups is 3. The van der Waals surface area contributed by atoms with Crippen LogP contribution in [0.2, 0.25) is 0 Å². The van der Waals surface area contributed by atoms with Gasteiger partial charge in [-0.15, -0.1) is 0 Å². The van der Waals surface area contributed by atoms with Gasteiger partial charge < -0.3 is 50.9 Å². The van der Waals surface area contributed by atoms with Crippen molar-refractivity contribution in [1.82, 2.24) is 30.2 Å². The van der Waals surface area contributed by atoms with E-state index in [-0.39, 0.29) is 54.4 Å². The van der Waals surface area contributed by atoms with E-state index >= 15 is 0 Å². The quantitative estimate of drug-likeness (QED) is 0.0352. The first-order valence-electron chi connectivity index (χ1n) is 16.4. The number of fused-ring (bicyclic) bond motifs is 1. The zero-order valence-corrected chi connectivity index (χ0v) is 33.8. The lowest BCUT2D eigenvalue weighted by atomic mass is 9.87. The molecule has 320 valence electrons. The van der Waals surface area contributed by atoms with Crippen molar-refractivity contribution in [1.29, 1.82) is 0 Å². The third kappa shape index (κ3) is 15.2. The number of hydrogen-bond acceptors (Lipinski definition) is 20. The SMILES string of the molecule is CC(=O)CC(=O)CC(=O)SCCNC(=O)CCNC(=O)[C@H](O)C(C)(C)COP(=O)(O)OP(=O)(O)OC[C@H]1O[C@@H](n2cnc3c(N)ncnc32)[C@H](O)[C@@H]1OP(=O)(O)O. The Labute approximate surface area is 327 Å². The molecule has 57 heavy (non-hydrogen) atoms. The number of rotatable bonds is 23. The van der Waals surface area contributed by atoms with E-state index in [0.717, 1.165) is 29.0 Å². The largest absolute Gasteiger partial charge is 0.481 e. The molecule has 0 saturated carbocycles. The zero-order valence-electron chi connectivity index (χ0n) is 30.3. The molecule has 7 atom stereocenters. The number of carbonyl (C=O) groups is 5. The summed E-state index contributed by atoms with van der Waals surface area (Å²) >= 11 is 0.793. The van der Waals surface area contributed by atoms with Gasteiger partial charge in [-0.2, -0.15) is 4.31 Å². The summed E-state index contributed by atoms with van der Waals surface area (Å²) < 4.78 is 62.0. The number of imidazole rings is 1. The maximum Gasteiger partial charge on any atom is 0.481 e.